The molecule has 0 aliphatic heterocycles. The van der Waals surface area contributed by atoms with E-state index in [4.69, 9.17) is 4.42 Å². The van der Waals surface area contributed by atoms with Gasteiger partial charge in [0.1, 0.15) is 12.1 Å². The highest BCUT2D eigenvalue weighted by Crippen LogP contribution is 2.24. The number of thioether (sulfide) groups is 1. The predicted octanol–water partition coefficient (Wildman–Crippen LogP) is 3.85. The molecule has 0 bridgehead atoms. The fourth-order valence-electron chi connectivity index (χ4n) is 2.37. The Balaban J connectivity index is 1.69. The number of rotatable bonds is 7. The second kappa shape index (κ2) is 7.49. The Bertz CT molecular complexity index is 794. The molecule has 0 aliphatic carbocycles. The first-order chi connectivity index (χ1) is 11.7. The molecule has 0 saturated carbocycles. The summed E-state index contributed by atoms with van der Waals surface area (Å²) in [5.41, 5.74) is 1.95. The van der Waals surface area contributed by atoms with Gasteiger partial charge in [-0.05, 0) is 31.0 Å². The van der Waals surface area contributed by atoms with Crippen LogP contribution in [0.4, 0.5) is 0 Å². The molecule has 2 heterocycles. The lowest BCUT2D eigenvalue weighted by molar-refractivity contribution is 0.0994. The minimum Gasteiger partial charge on any atom is -0.467 e. The Morgan fingerprint density at radius 1 is 1.29 bits per heavy atom. The van der Waals surface area contributed by atoms with Crippen LogP contribution in [0.25, 0.3) is 0 Å². The van der Waals surface area contributed by atoms with Crippen molar-refractivity contribution in [2.75, 3.05) is 0 Å². The highest BCUT2D eigenvalue weighted by atomic mass is 32.2. The van der Waals surface area contributed by atoms with E-state index < -0.39 is 0 Å². The lowest BCUT2D eigenvalue weighted by Crippen LogP contribution is -2.14. The molecule has 5 nitrogen and oxygen atoms in total. The predicted molar refractivity (Wildman–Crippen MR) is 93.3 cm³/mol. The average Bonchev–Trinajstić information content (AvgIpc) is 3.27. The lowest BCUT2D eigenvalue weighted by Gasteiger charge is -2.11. The molecule has 0 saturated heterocycles. The van der Waals surface area contributed by atoms with Gasteiger partial charge in [-0.3, -0.25) is 4.79 Å². The van der Waals surface area contributed by atoms with E-state index in [1.807, 2.05) is 47.9 Å². The number of carbonyl (C=O) groups is 1. The maximum atomic E-state index is 12.6. The second-order valence-corrected chi connectivity index (χ2v) is 6.80. The molecule has 3 aromatic rings. The van der Waals surface area contributed by atoms with E-state index in [1.165, 1.54) is 17.3 Å². The topological polar surface area (TPSA) is 60.9 Å². The normalized spacial score (nSPS) is 12.2. The first kappa shape index (κ1) is 16.5. The van der Waals surface area contributed by atoms with E-state index in [0.717, 1.165) is 17.7 Å². The summed E-state index contributed by atoms with van der Waals surface area (Å²) in [6.45, 7) is 4.54. The molecule has 0 N–H and O–H groups in total. The maximum Gasteiger partial charge on any atom is 0.192 e. The minimum absolute atomic E-state index is 0.0928. The van der Waals surface area contributed by atoms with Crippen LogP contribution in [-0.4, -0.2) is 25.8 Å². The Labute approximate surface area is 145 Å². The van der Waals surface area contributed by atoms with Crippen molar-refractivity contribution in [2.45, 2.75) is 37.2 Å². The summed E-state index contributed by atoms with van der Waals surface area (Å²) in [5.74, 6) is 0.918. The molecule has 0 fully saturated rings. The van der Waals surface area contributed by atoms with E-state index in [0.29, 0.717) is 11.7 Å². The zero-order valence-corrected chi connectivity index (χ0v) is 14.5. The Kier molecular flexibility index (Phi) is 5.15. The molecule has 1 atom stereocenters. The van der Waals surface area contributed by atoms with E-state index in [-0.39, 0.29) is 11.0 Å². The number of aromatic nitrogens is 3. The van der Waals surface area contributed by atoms with Gasteiger partial charge in [0.2, 0.25) is 0 Å². The first-order valence-electron chi connectivity index (χ1n) is 7.87. The fraction of sp³-hybridized carbons (Fsp3) is 0.278. The number of aryl methyl sites for hydroxylation is 1. The standard InChI is InChI=1S/C18H19N3O2S/c1-3-14-6-8-15(9-7-14)17(22)13(2)24-18-20-19-12-21(18)11-16-5-4-10-23-16/h4-10,12-13H,3,11H2,1-2H3. The summed E-state index contributed by atoms with van der Waals surface area (Å²) in [6, 6.07) is 11.5. The molecular formula is C18H19N3O2S. The zero-order valence-electron chi connectivity index (χ0n) is 13.7. The fourth-order valence-corrected chi connectivity index (χ4v) is 3.27. The van der Waals surface area contributed by atoms with Gasteiger partial charge in [0, 0.05) is 5.56 Å². The monoisotopic (exact) mass is 341 g/mol. The summed E-state index contributed by atoms with van der Waals surface area (Å²) in [7, 11) is 0. The third kappa shape index (κ3) is 3.76. The number of carbonyl (C=O) groups excluding carboxylic acids is 1. The Morgan fingerprint density at radius 3 is 2.75 bits per heavy atom. The van der Waals surface area contributed by atoms with E-state index in [9.17, 15) is 4.79 Å². The number of benzene rings is 1. The molecule has 0 spiro atoms. The minimum atomic E-state index is -0.239. The van der Waals surface area contributed by atoms with Gasteiger partial charge in [-0.2, -0.15) is 0 Å². The average molecular weight is 341 g/mol. The molecular weight excluding hydrogens is 322 g/mol. The van der Waals surface area contributed by atoms with E-state index in [2.05, 4.69) is 17.1 Å². The van der Waals surface area contributed by atoms with E-state index in [1.54, 1.807) is 12.6 Å². The number of hydrogen-bond acceptors (Lipinski definition) is 5. The van der Waals surface area contributed by atoms with Crippen LogP contribution in [0.3, 0.4) is 0 Å². The van der Waals surface area contributed by atoms with Crippen LogP contribution in [0.15, 0.2) is 58.6 Å². The third-order valence-electron chi connectivity index (χ3n) is 3.78. The Morgan fingerprint density at radius 2 is 2.08 bits per heavy atom. The van der Waals surface area contributed by atoms with Crippen LogP contribution < -0.4 is 0 Å². The van der Waals surface area contributed by atoms with E-state index >= 15 is 0 Å². The van der Waals surface area contributed by atoms with Gasteiger partial charge in [0.25, 0.3) is 0 Å². The quantitative estimate of drug-likeness (QED) is 0.482. The molecule has 0 radical (unpaired) electrons. The molecule has 0 aliphatic rings. The molecule has 24 heavy (non-hydrogen) atoms. The van der Waals surface area contributed by atoms with Crippen molar-refractivity contribution < 1.29 is 9.21 Å². The molecule has 6 heteroatoms. The third-order valence-corrected chi connectivity index (χ3v) is 4.88. The van der Waals surface area contributed by atoms with Crippen molar-refractivity contribution in [3.8, 4) is 0 Å². The van der Waals surface area contributed by atoms with Gasteiger partial charge >= 0.3 is 0 Å². The van der Waals surface area contributed by atoms with Gasteiger partial charge in [-0.25, -0.2) is 0 Å². The molecule has 1 unspecified atom stereocenters. The molecule has 2 aromatic heterocycles. The van der Waals surface area contributed by atoms with Crippen LogP contribution >= 0.6 is 11.8 Å². The summed E-state index contributed by atoms with van der Waals surface area (Å²) < 4.78 is 7.24. The van der Waals surface area contributed by atoms with Gasteiger partial charge in [0.15, 0.2) is 10.9 Å². The SMILES string of the molecule is CCc1ccc(C(=O)C(C)Sc2nncn2Cc2ccco2)cc1. The molecule has 1 aromatic carbocycles. The molecule has 3 rings (SSSR count). The number of hydrogen-bond donors (Lipinski definition) is 0. The lowest BCUT2D eigenvalue weighted by atomic mass is 10.1. The van der Waals surface area contributed by atoms with Gasteiger partial charge in [-0.1, -0.05) is 43.0 Å². The van der Waals surface area contributed by atoms with Crippen molar-refractivity contribution in [3.63, 3.8) is 0 Å². The van der Waals surface area contributed by atoms with Crippen LogP contribution in [0.2, 0.25) is 0 Å². The van der Waals surface area contributed by atoms with Gasteiger partial charge in [-0.15, -0.1) is 10.2 Å². The van der Waals surface area contributed by atoms with Gasteiger partial charge in [0.05, 0.1) is 18.1 Å². The van der Waals surface area contributed by atoms with Crippen LogP contribution in [0.1, 0.15) is 35.5 Å². The van der Waals surface area contributed by atoms with Crippen molar-refractivity contribution in [2.24, 2.45) is 0 Å². The molecule has 124 valence electrons. The number of nitrogens with zero attached hydrogens (tertiary/aromatic N) is 3. The van der Waals surface area contributed by atoms with Crippen LogP contribution in [0, 0.1) is 0 Å². The van der Waals surface area contributed by atoms with Crippen molar-refractivity contribution >= 4 is 17.5 Å². The first-order valence-corrected chi connectivity index (χ1v) is 8.75. The van der Waals surface area contributed by atoms with Crippen LogP contribution in [-0.2, 0) is 13.0 Å². The highest BCUT2D eigenvalue weighted by Gasteiger charge is 2.19. The summed E-state index contributed by atoms with van der Waals surface area (Å²) >= 11 is 1.41. The Hall–Kier alpha value is -2.34. The largest absolute Gasteiger partial charge is 0.467 e. The number of furan rings is 1. The smallest absolute Gasteiger partial charge is 0.192 e. The summed E-state index contributed by atoms with van der Waals surface area (Å²) in [6.07, 6.45) is 4.26. The summed E-state index contributed by atoms with van der Waals surface area (Å²) in [5, 5.41) is 8.54. The molecule has 0 amide bonds. The maximum absolute atomic E-state index is 12.6. The van der Waals surface area contributed by atoms with Crippen molar-refractivity contribution in [1.82, 2.24) is 14.8 Å². The number of Topliss-reactive ketones (excluding diaryl/α,β-unsaturated/α-hetero) is 1. The van der Waals surface area contributed by atoms with Crippen LogP contribution in [0.5, 0.6) is 0 Å². The van der Waals surface area contributed by atoms with Crippen molar-refractivity contribution in [3.05, 3.63) is 65.9 Å². The van der Waals surface area contributed by atoms with Crippen molar-refractivity contribution in [1.29, 1.82) is 0 Å². The second-order valence-electron chi connectivity index (χ2n) is 5.50. The number of ketones is 1. The highest BCUT2D eigenvalue weighted by molar-refractivity contribution is 8.00. The summed E-state index contributed by atoms with van der Waals surface area (Å²) in [4.78, 5) is 12.6. The zero-order chi connectivity index (χ0) is 16.9. The van der Waals surface area contributed by atoms with Gasteiger partial charge < -0.3 is 8.98 Å².